The Kier molecular flexibility index (Phi) is 8.03. The fourth-order valence-corrected chi connectivity index (χ4v) is 2.90. The molecule has 0 saturated heterocycles. The van der Waals surface area contributed by atoms with Gasteiger partial charge in [-0.25, -0.2) is 4.68 Å². The van der Waals surface area contributed by atoms with Crippen molar-refractivity contribution in [3.63, 3.8) is 0 Å². The van der Waals surface area contributed by atoms with Crippen LogP contribution in [-0.2, 0) is 13.0 Å². The number of terminal acetylenes is 1. The zero-order chi connectivity index (χ0) is 20.8. The van der Waals surface area contributed by atoms with E-state index in [0.717, 1.165) is 34.4 Å². The third-order valence-electron chi connectivity index (χ3n) is 4.72. The topological polar surface area (TPSA) is 34.9 Å². The lowest BCUT2D eigenvalue weighted by molar-refractivity contribution is 0.568. The summed E-state index contributed by atoms with van der Waals surface area (Å²) >= 11 is 0. The average Bonchev–Trinajstić information content (AvgIpc) is 2.58. The highest BCUT2D eigenvalue weighted by atomic mass is 16.1. The van der Waals surface area contributed by atoms with Gasteiger partial charge in [-0.15, -0.1) is 6.42 Å². The highest BCUT2D eigenvalue weighted by Gasteiger charge is 2.20. The molecule has 27 heavy (non-hydrogen) atoms. The molecule has 1 rings (SSSR count). The summed E-state index contributed by atoms with van der Waals surface area (Å²) in [5.41, 5.74) is 4.86. The van der Waals surface area contributed by atoms with Gasteiger partial charge in [0.15, 0.2) is 0 Å². The van der Waals surface area contributed by atoms with Gasteiger partial charge < -0.3 is 0 Å². The molecule has 0 fully saturated rings. The van der Waals surface area contributed by atoms with E-state index in [0.29, 0.717) is 12.5 Å². The Morgan fingerprint density at radius 2 is 1.96 bits per heavy atom. The smallest absolute Gasteiger partial charge is 0.267 e. The number of hydrogen-bond donors (Lipinski definition) is 0. The molecule has 0 radical (unpaired) electrons. The van der Waals surface area contributed by atoms with Crippen LogP contribution in [0.2, 0.25) is 0 Å². The van der Waals surface area contributed by atoms with Gasteiger partial charge in [-0.2, -0.15) is 5.10 Å². The molecule has 0 bridgehead atoms. The van der Waals surface area contributed by atoms with Gasteiger partial charge in [0.05, 0.1) is 17.7 Å². The van der Waals surface area contributed by atoms with Gasteiger partial charge in [-0.3, -0.25) is 4.79 Å². The molecule has 0 amide bonds. The maximum atomic E-state index is 12.3. The van der Waals surface area contributed by atoms with Gasteiger partial charge >= 0.3 is 0 Å². The molecule has 3 heteroatoms. The monoisotopic (exact) mass is 366 g/mol. The molecule has 0 aliphatic rings. The number of aromatic nitrogens is 2. The van der Waals surface area contributed by atoms with Crippen LogP contribution in [0.5, 0.6) is 0 Å². The van der Waals surface area contributed by atoms with Crippen LogP contribution in [-0.4, -0.2) is 9.78 Å². The molecule has 1 heterocycles. The predicted octanol–water partition coefficient (Wildman–Crippen LogP) is 5.25. The van der Waals surface area contributed by atoms with Crippen LogP contribution in [0.25, 0.3) is 0 Å². The molecule has 0 unspecified atom stereocenters. The third-order valence-corrected chi connectivity index (χ3v) is 4.72. The largest absolute Gasteiger partial charge is 0.268 e. The first-order valence-electron chi connectivity index (χ1n) is 9.58. The van der Waals surface area contributed by atoms with Crippen molar-refractivity contribution in [2.75, 3.05) is 0 Å². The van der Waals surface area contributed by atoms with Crippen molar-refractivity contribution in [1.29, 1.82) is 0 Å². The van der Waals surface area contributed by atoms with Crippen LogP contribution < -0.4 is 5.56 Å². The highest BCUT2D eigenvalue weighted by Crippen LogP contribution is 2.31. The third kappa shape index (κ3) is 6.40. The second kappa shape index (κ2) is 9.55. The van der Waals surface area contributed by atoms with E-state index in [-0.39, 0.29) is 11.0 Å². The van der Waals surface area contributed by atoms with Gasteiger partial charge in [0, 0.05) is 6.07 Å². The van der Waals surface area contributed by atoms with Crippen LogP contribution in [0.4, 0.5) is 0 Å². The van der Waals surface area contributed by atoms with E-state index in [1.807, 2.05) is 40.7 Å². The van der Waals surface area contributed by atoms with E-state index in [1.165, 1.54) is 0 Å². The minimum atomic E-state index is -0.350. The second-order valence-corrected chi connectivity index (χ2v) is 8.20. The summed E-state index contributed by atoms with van der Waals surface area (Å²) in [7, 11) is 0. The first kappa shape index (κ1) is 22.7. The molecule has 146 valence electrons. The van der Waals surface area contributed by atoms with Crippen LogP contribution in [0.15, 0.2) is 45.8 Å². The molecular formula is C24H34N2O. The zero-order valence-corrected chi connectivity index (χ0v) is 18.2. The van der Waals surface area contributed by atoms with Crippen molar-refractivity contribution < 1.29 is 0 Å². The summed E-state index contributed by atoms with van der Waals surface area (Å²) in [4.78, 5) is 12.3. The summed E-state index contributed by atoms with van der Waals surface area (Å²) in [6.07, 6.45) is 12.8. The maximum absolute atomic E-state index is 12.3. The SMILES string of the molecule is C#CC(C)(C)C(=C/C=C(\C)Cn1nc(CC(C)C)c(C)cc1=O)/C(C)=C\C. The van der Waals surface area contributed by atoms with E-state index in [2.05, 4.69) is 43.9 Å². The van der Waals surface area contributed by atoms with Gasteiger partial charge in [0.1, 0.15) is 0 Å². The Hall–Kier alpha value is -2.34. The molecule has 3 nitrogen and oxygen atoms in total. The molecule has 0 atom stereocenters. The van der Waals surface area contributed by atoms with Gasteiger partial charge in [-0.1, -0.05) is 49.1 Å². The average molecular weight is 367 g/mol. The molecule has 1 aromatic rings. The van der Waals surface area contributed by atoms with Crippen molar-refractivity contribution in [2.24, 2.45) is 11.3 Å². The van der Waals surface area contributed by atoms with Gasteiger partial charge in [-0.05, 0) is 65.0 Å². The maximum Gasteiger partial charge on any atom is 0.267 e. The minimum absolute atomic E-state index is 0.0643. The quantitative estimate of drug-likeness (QED) is 0.488. The summed E-state index contributed by atoms with van der Waals surface area (Å²) in [5.74, 6) is 3.36. The Bertz CT molecular complexity index is 855. The fourth-order valence-electron chi connectivity index (χ4n) is 2.90. The Morgan fingerprint density at radius 1 is 1.33 bits per heavy atom. The first-order valence-corrected chi connectivity index (χ1v) is 9.58. The lowest BCUT2D eigenvalue weighted by atomic mass is 9.80. The molecule has 0 saturated carbocycles. The highest BCUT2D eigenvalue weighted by molar-refractivity contribution is 5.41. The van der Waals surface area contributed by atoms with E-state index in [9.17, 15) is 4.79 Å². The number of nitrogens with zero attached hydrogens (tertiary/aromatic N) is 2. The van der Waals surface area contributed by atoms with E-state index in [4.69, 9.17) is 6.42 Å². The Balaban J connectivity index is 3.22. The second-order valence-electron chi connectivity index (χ2n) is 8.20. The van der Waals surface area contributed by atoms with E-state index >= 15 is 0 Å². The van der Waals surface area contributed by atoms with Gasteiger partial charge in [0.25, 0.3) is 5.56 Å². The Labute approximate surface area is 164 Å². The lowest BCUT2D eigenvalue weighted by Gasteiger charge is -2.22. The zero-order valence-electron chi connectivity index (χ0n) is 18.2. The van der Waals surface area contributed by atoms with E-state index < -0.39 is 0 Å². The van der Waals surface area contributed by atoms with Crippen LogP contribution in [0, 0.1) is 30.6 Å². The van der Waals surface area contributed by atoms with Crippen molar-refractivity contribution in [3.8, 4) is 12.3 Å². The van der Waals surface area contributed by atoms with E-state index in [1.54, 1.807) is 10.7 Å². The summed E-state index contributed by atoms with van der Waals surface area (Å²) in [6.45, 7) is 16.9. The summed E-state index contributed by atoms with van der Waals surface area (Å²) in [5, 5.41) is 4.59. The normalized spacial score (nSPS) is 13.9. The summed E-state index contributed by atoms with van der Waals surface area (Å²) < 4.78 is 1.55. The minimum Gasteiger partial charge on any atom is -0.268 e. The van der Waals surface area contributed by atoms with Crippen LogP contribution >= 0.6 is 0 Å². The molecular weight excluding hydrogens is 332 g/mol. The van der Waals surface area contributed by atoms with Crippen molar-refractivity contribution >= 4 is 0 Å². The molecule has 0 aliphatic carbocycles. The Morgan fingerprint density at radius 3 is 2.48 bits per heavy atom. The van der Waals surface area contributed by atoms with Gasteiger partial charge in [0.2, 0.25) is 0 Å². The van der Waals surface area contributed by atoms with Crippen molar-refractivity contribution in [3.05, 3.63) is 62.6 Å². The van der Waals surface area contributed by atoms with Crippen LogP contribution in [0.3, 0.4) is 0 Å². The molecule has 0 aliphatic heterocycles. The number of aryl methyl sites for hydroxylation is 1. The standard InChI is InChI=1S/C24H34N2O/c1-10-19(6)21(24(8,9)11-2)13-12-18(5)16-26-23(27)15-20(7)22(25-26)14-17(3)4/h2,10,12-13,15,17H,14,16H2,1,3-9H3/b18-12+,19-10-,21-13+. The number of allylic oxidation sites excluding steroid dienone is 6. The molecule has 1 aromatic heterocycles. The lowest BCUT2D eigenvalue weighted by Crippen LogP contribution is -2.25. The fraction of sp³-hybridized carbons (Fsp3) is 0.500. The molecule has 0 spiro atoms. The number of hydrogen-bond acceptors (Lipinski definition) is 2. The summed E-state index contributed by atoms with van der Waals surface area (Å²) in [6, 6.07) is 1.69. The van der Waals surface area contributed by atoms with Crippen LogP contribution in [0.1, 0.15) is 59.7 Å². The molecule has 0 N–H and O–H groups in total. The van der Waals surface area contributed by atoms with Crippen molar-refractivity contribution in [1.82, 2.24) is 9.78 Å². The number of rotatable bonds is 7. The predicted molar refractivity (Wildman–Crippen MR) is 116 cm³/mol. The first-order chi connectivity index (χ1) is 12.5. The van der Waals surface area contributed by atoms with Crippen molar-refractivity contribution in [2.45, 2.75) is 68.4 Å². The molecule has 0 aromatic carbocycles.